The van der Waals surface area contributed by atoms with Crippen LogP contribution in [0.5, 0.6) is 0 Å². The number of hydrogen-bond acceptors (Lipinski definition) is 3. The maximum atomic E-state index is 12.9. The van der Waals surface area contributed by atoms with Gasteiger partial charge in [0.1, 0.15) is 0 Å². The molecule has 0 bridgehead atoms. The third kappa shape index (κ3) is 6.56. The Kier molecular flexibility index (Phi) is 8.74. The summed E-state index contributed by atoms with van der Waals surface area (Å²) in [5, 5.41) is 0. The molecule has 2 amide bonds. The van der Waals surface area contributed by atoms with Crippen LogP contribution in [0, 0.1) is 5.92 Å². The summed E-state index contributed by atoms with van der Waals surface area (Å²) in [6, 6.07) is 10.6. The first kappa shape index (κ1) is 22.8. The van der Waals surface area contributed by atoms with Crippen LogP contribution in [0.2, 0.25) is 0 Å². The van der Waals surface area contributed by atoms with Crippen LogP contribution in [-0.2, 0) is 16.1 Å². The zero-order valence-electron chi connectivity index (χ0n) is 18.9. The number of likely N-dealkylation sites (N-methyl/N-ethyl adjacent to an activating group) is 1. The molecule has 166 valence electrons. The number of rotatable bonds is 9. The average Bonchev–Trinajstić information content (AvgIpc) is 2.76. The first-order chi connectivity index (χ1) is 14.5. The van der Waals surface area contributed by atoms with Crippen molar-refractivity contribution in [3.63, 3.8) is 0 Å². The summed E-state index contributed by atoms with van der Waals surface area (Å²) in [6.45, 7) is 3.10. The molecular formula is C25H39N3O2. The SMILES string of the molecule is CN(C)CCN(Cc1ccccc1)C(=O)CCCC(=O)N1CCCC2CCCCC21. The Bertz CT molecular complexity index is 674. The maximum absolute atomic E-state index is 12.9. The Balaban J connectivity index is 1.49. The molecule has 0 aromatic heterocycles. The number of fused-ring (bicyclic) bond motifs is 1. The summed E-state index contributed by atoms with van der Waals surface area (Å²) in [6.07, 6.45) is 9.06. The molecule has 0 N–H and O–H groups in total. The Morgan fingerprint density at radius 3 is 2.47 bits per heavy atom. The van der Waals surface area contributed by atoms with Crippen molar-refractivity contribution >= 4 is 11.8 Å². The normalized spacial score (nSPS) is 21.4. The van der Waals surface area contributed by atoms with Crippen LogP contribution in [0.25, 0.3) is 0 Å². The van der Waals surface area contributed by atoms with Gasteiger partial charge in [0.15, 0.2) is 0 Å². The molecule has 1 aromatic rings. The minimum Gasteiger partial charge on any atom is -0.339 e. The minimum absolute atomic E-state index is 0.155. The van der Waals surface area contributed by atoms with Crippen LogP contribution in [-0.4, -0.2) is 66.3 Å². The fourth-order valence-corrected chi connectivity index (χ4v) is 5.04. The number of carbonyl (C=O) groups excluding carboxylic acids is 2. The van der Waals surface area contributed by atoms with Gasteiger partial charge in [-0.15, -0.1) is 0 Å². The number of nitrogens with zero attached hydrogens (tertiary/aromatic N) is 3. The molecular weight excluding hydrogens is 374 g/mol. The van der Waals surface area contributed by atoms with E-state index >= 15 is 0 Å². The molecule has 1 aromatic carbocycles. The second-order valence-corrected chi connectivity index (χ2v) is 9.30. The molecule has 5 nitrogen and oxygen atoms in total. The van der Waals surface area contributed by atoms with Gasteiger partial charge in [-0.25, -0.2) is 0 Å². The molecule has 2 fully saturated rings. The predicted molar refractivity (Wildman–Crippen MR) is 121 cm³/mol. The molecule has 30 heavy (non-hydrogen) atoms. The van der Waals surface area contributed by atoms with Crippen LogP contribution in [0.1, 0.15) is 63.4 Å². The number of hydrogen-bond donors (Lipinski definition) is 0. The number of benzene rings is 1. The Hall–Kier alpha value is -1.88. The van der Waals surface area contributed by atoms with E-state index in [2.05, 4.69) is 21.9 Å². The lowest BCUT2D eigenvalue weighted by atomic mass is 9.78. The number of amides is 2. The van der Waals surface area contributed by atoms with Crippen LogP contribution in [0.15, 0.2) is 30.3 Å². The molecule has 2 atom stereocenters. The van der Waals surface area contributed by atoms with Gasteiger partial charge in [0.2, 0.25) is 11.8 Å². The summed E-state index contributed by atoms with van der Waals surface area (Å²) >= 11 is 0. The zero-order chi connectivity index (χ0) is 21.3. The molecule has 2 aliphatic rings. The van der Waals surface area contributed by atoms with E-state index in [0.29, 0.717) is 44.3 Å². The standard InChI is InChI=1S/C25H39N3O2/c1-26(2)18-19-27(20-21-10-4-3-5-11-21)24(29)15-8-16-25(30)28-17-9-13-22-12-6-7-14-23(22)28/h3-5,10-11,22-23H,6-9,12-20H2,1-2H3. The van der Waals surface area contributed by atoms with Crippen molar-refractivity contribution in [2.24, 2.45) is 5.92 Å². The zero-order valence-corrected chi connectivity index (χ0v) is 18.9. The van der Waals surface area contributed by atoms with Gasteiger partial charge in [-0.3, -0.25) is 9.59 Å². The second kappa shape index (κ2) is 11.5. The number of piperidine rings is 1. The van der Waals surface area contributed by atoms with Gasteiger partial charge in [0.25, 0.3) is 0 Å². The third-order valence-corrected chi connectivity index (χ3v) is 6.73. The minimum atomic E-state index is 0.155. The molecule has 0 radical (unpaired) electrons. The van der Waals surface area contributed by atoms with Gasteiger partial charge in [-0.05, 0) is 57.7 Å². The van der Waals surface area contributed by atoms with E-state index in [4.69, 9.17) is 0 Å². The van der Waals surface area contributed by atoms with Gasteiger partial charge in [-0.2, -0.15) is 0 Å². The van der Waals surface area contributed by atoms with Crippen LogP contribution < -0.4 is 0 Å². The fraction of sp³-hybridized carbons (Fsp3) is 0.680. The monoisotopic (exact) mass is 413 g/mol. The lowest BCUT2D eigenvalue weighted by Crippen LogP contribution is -2.49. The van der Waals surface area contributed by atoms with E-state index in [1.165, 1.54) is 32.1 Å². The van der Waals surface area contributed by atoms with E-state index in [9.17, 15) is 9.59 Å². The Morgan fingerprint density at radius 2 is 1.70 bits per heavy atom. The van der Waals surface area contributed by atoms with Crippen molar-refractivity contribution in [3.8, 4) is 0 Å². The molecule has 1 heterocycles. The number of likely N-dealkylation sites (tertiary alicyclic amines) is 1. The maximum Gasteiger partial charge on any atom is 0.222 e. The van der Waals surface area contributed by atoms with Crippen molar-refractivity contribution in [3.05, 3.63) is 35.9 Å². The van der Waals surface area contributed by atoms with E-state index < -0.39 is 0 Å². The van der Waals surface area contributed by atoms with Crippen molar-refractivity contribution in [1.29, 1.82) is 0 Å². The van der Waals surface area contributed by atoms with E-state index in [1.807, 2.05) is 37.2 Å². The quantitative estimate of drug-likeness (QED) is 0.616. The fourth-order valence-electron chi connectivity index (χ4n) is 5.04. The summed E-state index contributed by atoms with van der Waals surface area (Å²) < 4.78 is 0. The Labute approximate surface area is 182 Å². The highest BCUT2D eigenvalue weighted by Crippen LogP contribution is 2.35. The van der Waals surface area contributed by atoms with Crippen molar-refractivity contribution in [1.82, 2.24) is 14.7 Å². The molecule has 0 spiro atoms. The highest BCUT2D eigenvalue weighted by molar-refractivity contribution is 5.79. The van der Waals surface area contributed by atoms with Gasteiger partial charge in [0.05, 0.1) is 0 Å². The predicted octanol–water partition coefficient (Wildman–Crippen LogP) is 3.93. The molecule has 1 saturated heterocycles. The first-order valence-electron chi connectivity index (χ1n) is 11.8. The molecule has 1 saturated carbocycles. The summed E-state index contributed by atoms with van der Waals surface area (Å²) in [5.41, 5.74) is 1.15. The van der Waals surface area contributed by atoms with Crippen LogP contribution in [0.3, 0.4) is 0 Å². The molecule has 2 unspecified atom stereocenters. The first-order valence-corrected chi connectivity index (χ1v) is 11.8. The number of carbonyl (C=O) groups is 2. The third-order valence-electron chi connectivity index (χ3n) is 6.73. The highest BCUT2D eigenvalue weighted by Gasteiger charge is 2.35. The van der Waals surface area contributed by atoms with Crippen molar-refractivity contribution in [2.75, 3.05) is 33.7 Å². The van der Waals surface area contributed by atoms with Gasteiger partial charge in [-0.1, -0.05) is 43.2 Å². The topological polar surface area (TPSA) is 43.9 Å². The molecule has 3 rings (SSSR count). The largest absolute Gasteiger partial charge is 0.339 e. The summed E-state index contributed by atoms with van der Waals surface area (Å²) in [5.74, 6) is 1.13. The van der Waals surface area contributed by atoms with Gasteiger partial charge < -0.3 is 14.7 Å². The van der Waals surface area contributed by atoms with E-state index in [0.717, 1.165) is 25.1 Å². The van der Waals surface area contributed by atoms with Crippen LogP contribution in [0.4, 0.5) is 0 Å². The smallest absolute Gasteiger partial charge is 0.222 e. The van der Waals surface area contributed by atoms with Crippen molar-refractivity contribution < 1.29 is 9.59 Å². The summed E-state index contributed by atoms with van der Waals surface area (Å²) in [7, 11) is 4.06. The van der Waals surface area contributed by atoms with Gasteiger partial charge >= 0.3 is 0 Å². The molecule has 1 aliphatic carbocycles. The lowest BCUT2D eigenvalue weighted by molar-refractivity contribution is -0.138. The van der Waals surface area contributed by atoms with E-state index in [1.54, 1.807) is 0 Å². The molecule has 1 aliphatic heterocycles. The van der Waals surface area contributed by atoms with Gasteiger partial charge in [0, 0.05) is 45.1 Å². The van der Waals surface area contributed by atoms with E-state index in [-0.39, 0.29) is 11.8 Å². The lowest BCUT2D eigenvalue weighted by Gasteiger charge is -2.44. The molecule has 5 heteroatoms. The summed E-state index contributed by atoms with van der Waals surface area (Å²) in [4.78, 5) is 32.0. The Morgan fingerprint density at radius 1 is 0.967 bits per heavy atom. The average molecular weight is 414 g/mol. The highest BCUT2D eigenvalue weighted by atomic mass is 16.2. The van der Waals surface area contributed by atoms with Crippen LogP contribution >= 0.6 is 0 Å². The second-order valence-electron chi connectivity index (χ2n) is 9.30. The van der Waals surface area contributed by atoms with Crippen molar-refractivity contribution in [2.45, 2.75) is 70.4 Å².